The van der Waals surface area contributed by atoms with Crippen LogP contribution in [-0.4, -0.2) is 72.6 Å². The number of nitrogens with one attached hydrogen (secondary N) is 1. The van der Waals surface area contributed by atoms with Crippen molar-refractivity contribution in [3.8, 4) is 5.75 Å². The molecule has 2 fully saturated rings. The van der Waals surface area contributed by atoms with Gasteiger partial charge in [-0.2, -0.15) is 0 Å². The lowest BCUT2D eigenvalue weighted by Crippen LogP contribution is -2.46. The SMILES string of the molecule is COc1ccc(CC(=O)N2CCCN(C(=O)C3CSCN3)CC2)cc1. The zero-order chi connectivity index (χ0) is 17.6. The second-order valence-corrected chi connectivity index (χ2v) is 7.39. The molecule has 0 bridgehead atoms. The molecule has 0 radical (unpaired) electrons. The third kappa shape index (κ3) is 4.67. The van der Waals surface area contributed by atoms with Crippen LogP contribution in [0.2, 0.25) is 0 Å². The van der Waals surface area contributed by atoms with Crippen molar-refractivity contribution in [2.24, 2.45) is 0 Å². The summed E-state index contributed by atoms with van der Waals surface area (Å²) in [4.78, 5) is 28.9. The van der Waals surface area contributed by atoms with E-state index < -0.39 is 0 Å². The Balaban J connectivity index is 1.52. The van der Waals surface area contributed by atoms with Gasteiger partial charge in [0, 0.05) is 37.8 Å². The molecule has 6 nitrogen and oxygen atoms in total. The van der Waals surface area contributed by atoms with E-state index in [9.17, 15) is 9.59 Å². The molecule has 1 aromatic rings. The highest BCUT2D eigenvalue weighted by atomic mass is 32.2. The van der Waals surface area contributed by atoms with Gasteiger partial charge in [0.15, 0.2) is 0 Å². The Hall–Kier alpha value is -1.73. The molecule has 0 aromatic heterocycles. The van der Waals surface area contributed by atoms with Crippen LogP contribution in [0.25, 0.3) is 0 Å². The molecule has 2 heterocycles. The number of rotatable bonds is 4. The van der Waals surface area contributed by atoms with Gasteiger partial charge in [0.25, 0.3) is 0 Å². The van der Waals surface area contributed by atoms with Crippen LogP contribution < -0.4 is 10.1 Å². The molecule has 3 rings (SSSR count). The van der Waals surface area contributed by atoms with Crippen molar-refractivity contribution in [2.45, 2.75) is 18.9 Å². The summed E-state index contributed by atoms with van der Waals surface area (Å²) in [6, 6.07) is 7.53. The first-order valence-corrected chi connectivity index (χ1v) is 9.83. The number of hydrogen-bond donors (Lipinski definition) is 1. The van der Waals surface area contributed by atoms with Crippen LogP contribution in [0.4, 0.5) is 0 Å². The highest BCUT2D eigenvalue weighted by Gasteiger charge is 2.29. The first-order valence-electron chi connectivity index (χ1n) is 8.68. The molecule has 1 atom stereocenters. The number of ether oxygens (including phenoxy) is 1. The smallest absolute Gasteiger partial charge is 0.240 e. The summed E-state index contributed by atoms with van der Waals surface area (Å²) < 4.78 is 5.14. The zero-order valence-electron chi connectivity index (χ0n) is 14.6. The van der Waals surface area contributed by atoms with Crippen molar-refractivity contribution in [3.05, 3.63) is 29.8 Å². The minimum absolute atomic E-state index is 0.0634. The van der Waals surface area contributed by atoms with Crippen LogP contribution in [-0.2, 0) is 16.0 Å². The highest BCUT2D eigenvalue weighted by molar-refractivity contribution is 7.99. The van der Waals surface area contributed by atoms with Gasteiger partial charge in [-0.25, -0.2) is 0 Å². The molecule has 1 aromatic carbocycles. The molecule has 2 saturated heterocycles. The third-order valence-electron chi connectivity index (χ3n) is 4.69. The number of thioether (sulfide) groups is 1. The third-order valence-corrected chi connectivity index (χ3v) is 5.63. The lowest BCUT2D eigenvalue weighted by atomic mass is 10.1. The maximum absolute atomic E-state index is 12.6. The number of hydrogen-bond acceptors (Lipinski definition) is 5. The van der Waals surface area contributed by atoms with Crippen LogP contribution >= 0.6 is 11.8 Å². The molecular weight excluding hydrogens is 338 g/mol. The van der Waals surface area contributed by atoms with E-state index in [4.69, 9.17) is 4.74 Å². The average molecular weight is 363 g/mol. The van der Waals surface area contributed by atoms with Gasteiger partial charge in [-0.05, 0) is 24.1 Å². The molecule has 0 saturated carbocycles. The zero-order valence-corrected chi connectivity index (χ0v) is 15.4. The molecule has 7 heteroatoms. The second-order valence-electron chi connectivity index (χ2n) is 6.36. The highest BCUT2D eigenvalue weighted by Crippen LogP contribution is 2.15. The van der Waals surface area contributed by atoms with Crippen LogP contribution in [0.5, 0.6) is 5.75 Å². The Morgan fingerprint density at radius 2 is 1.88 bits per heavy atom. The number of benzene rings is 1. The van der Waals surface area contributed by atoms with Crippen LogP contribution in [0.15, 0.2) is 24.3 Å². The minimum Gasteiger partial charge on any atom is -0.497 e. The summed E-state index contributed by atoms with van der Waals surface area (Å²) in [5.74, 6) is 2.77. The molecule has 25 heavy (non-hydrogen) atoms. The predicted molar refractivity (Wildman–Crippen MR) is 98.7 cm³/mol. The molecule has 2 aliphatic rings. The van der Waals surface area contributed by atoms with E-state index in [1.807, 2.05) is 34.1 Å². The maximum Gasteiger partial charge on any atom is 0.240 e. The topological polar surface area (TPSA) is 61.9 Å². The number of carbonyl (C=O) groups excluding carboxylic acids is 2. The van der Waals surface area contributed by atoms with Gasteiger partial charge in [0.05, 0.1) is 19.6 Å². The molecule has 1 unspecified atom stereocenters. The van der Waals surface area contributed by atoms with Crippen molar-refractivity contribution < 1.29 is 14.3 Å². The van der Waals surface area contributed by atoms with E-state index >= 15 is 0 Å². The standard InChI is InChI=1S/C18H25N3O3S/c1-24-15-5-3-14(4-6-15)11-17(22)20-7-2-8-21(10-9-20)18(23)16-12-25-13-19-16/h3-6,16,19H,2,7-13H2,1H3. The van der Waals surface area contributed by atoms with Crippen molar-refractivity contribution in [1.82, 2.24) is 15.1 Å². The number of methoxy groups -OCH3 is 1. The van der Waals surface area contributed by atoms with Gasteiger partial charge in [0.1, 0.15) is 5.75 Å². The summed E-state index contributed by atoms with van der Waals surface area (Å²) in [6.45, 7) is 2.68. The number of amides is 2. The largest absolute Gasteiger partial charge is 0.497 e. The Morgan fingerprint density at radius 1 is 1.16 bits per heavy atom. The number of nitrogens with zero attached hydrogens (tertiary/aromatic N) is 2. The number of carbonyl (C=O) groups is 2. The average Bonchev–Trinajstić information content (AvgIpc) is 3.06. The lowest BCUT2D eigenvalue weighted by Gasteiger charge is -2.24. The van der Waals surface area contributed by atoms with Gasteiger partial charge in [-0.3, -0.25) is 14.9 Å². The van der Waals surface area contributed by atoms with E-state index in [0.717, 1.165) is 35.9 Å². The van der Waals surface area contributed by atoms with Crippen molar-refractivity contribution >= 4 is 23.6 Å². The van der Waals surface area contributed by atoms with Gasteiger partial charge >= 0.3 is 0 Å². The normalized spacial score (nSPS) is 21.1. The second kappa shape index (κ2) is 8.58. The van der Waals surface area contributed by atoms with Crippen LogP contribution in [0, 0.1) is 0 Å². The van der Waals surface area contributed by atoms with Gasteiger partial charge in [0.2, 0.25) is 11.8 Å². The minimum atomic E-state index is -0.0634. The van der Waals surface area contributed by atoms with E-state index in [0.29, 0.717) is 26.1 Å². The monoisotopic (exact) mass is 363 g/mol. The molecule has 0 spiro atoms. The van der Waals surface area contributed by atoms with Gasteiger partial charge in [-0.15, -0.1) is 11.8 Å². The fourth-order valence-electron chi connectivity index (χ4n) is 3.19. The van der Waals surface area contributed by atoms with Gasteiger partial charge < -0.3 is 14.5 Å². The fourth-order valence-corrected chi connectivity index (χ4v) is 4.12. The van der Waals surface area contributed by atoms with Crippen molar-refractivity contribution in [1.29, 1.82) is 0 Å². The quantitative estimate of drug-likeness (QED) is 0.863. The Labute approximate surface area is 152 Å². The van der Waals surface area contributed by atoms with E-state index in [2.05, 4.69) is 5.32 Å². The van der Waals surface area contributed by atoms with Crippen LogP contribution in [0.3, 0.4) is 0 Å². The Bertz CT molecular complexity index is 602. The predicted octanol–water partition coefficient (Wildman–Crippen LogP) is 0.961. The summed E-state index contributed by atoms with van der Waals surface area (Å²) in [5, 5.41) is 3.23. The summed E-state index contributed by atoms with van der Waals surface area (Å²) in [5.41, 5.74) is 0.982. The molecule has 0 aliphatic carbocycles. The first-order chi connectivity index (χ1) is 12.2. The van der Waals surface area contributed by atoms with Gasteiger partial charge in [-0.1, -0.05) is 12.1 Å². The van der Waals surface area contributed by atoms with E-state index in [1.165, 1.54) is 0 Å². The Morgan fingerprint density at radius 3 is 2.56 bits per heavy atom. The summed E-state index contributed by atoms with van der Waals surface area (Å²) in [7, 11) is 1.63. The van der Waals surface area contributed by atoms with E-state index in [-0.39, 0.29) is 17.9 Å². The van der Waals surface area contributed by atoms with Crippen LogP contribution in [0.1, 0.15) is 12.0 Å². The first kappa shape index (κ1) is 18.1. The Kier molecular flexibility index (Phi) is 6.20. The summed E-state index contributed by atoms with van der Waals surface area (Å²) >= 11 is 1.76. The van der Waals surface area contributed by atoms with E-state index in [1.54, 1.807) is 18.9 Å². The summed E-state index contributed by atoms with van der Waals surface area (Å²) in [6.07, 6.45) is 1.22. The maximum atomic E-state index is 12.6. The molecule has 136 valence electrons. The fraction of sp³-hybridized carbons (Fsp3) is 0.556. The molecule has 1 N–H and O–H groups in total. The van der Waals surface area contributed by atoms with Crippen molar-refractivity contribution in [2.75, 3.05) is 44.9 Å². The lowest BCUT2D eigenvalue weighted by molar-refractivity contribution is -0.134. The molecule has 2 amide bonds. The molecular formula is C18H25N3O3S. The van der Waals surface area contributed by atoms with Crippen molar-refractivity contribution in [3.63, 3.8) is 0 Å². The molecule has 2 aliphatic heterocycles.